The van der Waals surface area contributed by atoms with E-state index < -0.39 is 5.60 Å². The molecular weight excluding hydrogens is 266 g/mol. The Balaban J connectivity index is 2.19. The fraction of sp³-hybridized carbons (Fsp3) is 0.471. The van der Waals surface area contributed by atoms with Gasteiger partial charge >= 0.3 is 6.09 Å². The van der Waals surface area contributed by atoms with Crippen molar-refractivity contribution < 1.29 is 14.3 Å². The fourth-order valence-corrected chi connectivity index (χ4v) is 2.34. The van der Waals surface area contributed by atoms with Gasteiger partial charge in [0.1, 0.15) is 11.4 Å². The summed E-state index contributed by atoms with van der Waals surface area (Å²) in [5.41, 5.74) is 0.596. The second kappa shape index (κ2) is 6.20. The number of carbonyl (C=O) groups excluding carboxylic acids is 1. The summed E-state index contributed by atoms with van der Waals surface area (Å²) >= 11 is 0. The Bertz CT molecular complexity index is 514. The number of nitrogens with zero attached hydrogens (tertiary/aromatic N) is 1. The molecule has 0 aliphatic carbocycles. The van der Waals surface area contributed by atoms with E-state index in [1.165, 1.54) is 0 Å². The molecule has 4 nitrogen and oxygen atoms in total. The zero-order valence-corrected chi connectivity index (χ0v) is 13.1. The van der Waals surface area contributed by atoms with Crippen molar-refractivity contribution in [2.24, 2.45) is 0 Å². The van der Waals surface area contributed by atoms with Gasteiger partial charge in [0.2, 0.25) is 0 Å². The van der Waals surface area contributed by atoms with E-state index in [2.05, 4.69) is 0 Å². The van der Waals surface area contributed by atoms with Crippen LogP contribution >= 0.6 is 0 Å². The molecule has 114 valence electrons. The molecule has 1 unspecified atom stereocenters. The molecule has 0 aromatic heterocycles. The third kappa shape index (κ3) is 4.00. The topological polar surface area (TPSA) is 38.8 Å². The van der Waals surface area contributed by atoms with Crippen LogP contribution in [0, 0.1) is 0 Å². The van der Waals surface area contributed by atoms with Crippen LogP contribution in [-0.4, -0.2) is 23.7 Å². The van der Waals surface area contributed by atoms with Gasteiger partial charge in [0.05, 0.1) is 13.2 Å². The summed E-state index contributed by atoms with van der Waals surface area (Å²) in [6.07, 6.45) is 5.37. The van der Waals surface area contributed by atoms with E-state index in [9.17, 15) is 4.79 Å². The van der Waals surface area contributed by atoms with Crippen molar-refractivity contribution in [3.63, 3.8) is 0 Å². The molecule has 0 saturated heterocycles. The number of benzene rings is 1. The van der Waals surface area contributed by atoms with Gasteiger partial charge in [-0.3, -0.25) is 4.90 Å². The summed E-state index contributed by atoms with van der Waals surface area (Å²) in [6.45, 7) is 5.63. The number of methoxy groups -OCH3 is 1. The molecule has 1 aromatic carbocycles. The van der Waals surface area contributed by atoms with Crippen molar-refractivity contribution in [3.05, 3.63) is 42.1 Å². The third-order valence-corrected chi connectivity index (χ3v) is 3.31. The lowest BCUT2D eigenvalue weighted by Gasteiger charge is -2.33. The van der Waals surface area contributed by atoms with E-state index in [-0.39, 0.29) is 12.1 Å². The van der Waals surface area contributed by atoms with Crippen molar-refractivity contribution in [2.45, 2.75) is 45.3 Å². The van der Waals surface area contributed by atoms with Gasteiger partial charge in [0.15, 0.2) is 0 Å². The molecule has 0 spiro atoms. The number of rotatable bonds is 2. The van der Waals surface area contributed by atoms with E-state index >= 15 is 0 Å². The smallest absolute Gasteiger partial charge is 0.414 e. The maximum absolute atomic E-state index is 12.3. The Morgan fingerprint density at radius 3 is 2.48 bits per heavy atom. The van der Waals surface area contributed by atoms with Crippen LogP contribution < -0.4 is 4.74 Å². The molecule has 0 saturated carbocycles. The number of carbonyl (C=O) groups is 1. The monoisotopic (exact) mass is 289 g/mol. The summed E-state index contributed by atoms with van der Waals surface area (Å²) in [4.78, 5) is 14.0. The molecule has 21 heavy (non-hydrogen) atoms. The number of amides is 1. The molecule has 0 fully saturated rings. The maximum Gasteiger partial charge on any atom is 0.414 e. The first-order chi connectivity index (χ1) is 9.90. The Hall–Kier alpha value is -1.97. The normalized spacial score (nSPS) is 18.5. The van der Waals surface area contributed by atoms with Gasteiger partial charge in [-0.05, 0) is 51.3 Å². The second-order valence-electron chi connectivity index (χ2n) is 6.14. The molecule has 0 radical (unpaired) electrons. The molecule has 0 N–H and O–H groups in total. The van der Waals surface area contributed by atoms with E-state index in [0.717, 1.165) is 24.2 Å². The molecule has 1 aromatic rings. The number of allylic oxidation sites excluding steroid dienone is 1. The van der Waals surface area contributed by atoms with Crippen molar-refractivity contribution in [2.75, 3.05) is 7.11 Å². The first-order valence-corrected chi connectivity index (χ1v) is 7.22. The molecular formula is C17H23NO3. The van der Waals surface area contributed by atoms with Gasteiger partial charge in [-0.1, -0.05) is 18.2 Å². The summed E-state index contributed by atoms with van der Waals surface area (Å²) in [7, 11) is 1.64. The minimum absolute atomic E-state index is 0.00996. The standard InChI is InChI=1S/C17H23NO3/c1-17(2,3)21-16(19)18-12-6-5-7-15(18)13-8-10-14(20-4)11-9-13/h6,8-12,15H,5,7H2,1-4H3. The highest BCUT2D eigenvalue weighted by atomic mass is 16.6. The average Bonchev–Trinajstić information content (AvgIpc) is 2.45. The highest BCUT2D eigenvalue weighted by Crippen LogP contribution is 2.32. The van der Waals surface area contributed by atoms with E-state index in [4.69, 9.17) is 9.47 Å². The quantitative estimate of drug-likeness (QED) is 0.815. The summed E-state index contributed by atoms with van der Waals surface area (Å²) in [5, 5.41) is 0. The highest BCUT2D eigenvalue weighted by molar-refractivity contribution is 5.70. The SMILES string of the molecule is COc1ccc(C2CCC=CN2C(=O)OC(C)(C)C)cc1. The van der Waals surface area contributed by atoms with Crippen LogP contribution in [0.5, 0.6) is 5.75 Å². The van der Waals surface area contributed by atoms with Crippen molar-refractivity contribution in [1.82, 2.24) is 4.90 Å². The van der Waals surface area contributed by atoms with E-state index in [1.807, 2.05) is 57.3 Å². The van der Waals surface area contributed by atoms with Gasteiger partial charge in [-0.15, -0.1) is 0 Å². The number of hydrogen-bond donors (Lipinski definition) is 0. The van der Waals surface area contributed by atoms with Crippen molar-refractivity contribution >= 4 is 6.09 Å². The van der Waals surface area contributed by atoms with Crippen LogP contribution in [-0.2, 0) is 4.74 Å². The van der Waals surface area contributed by atoms with Gasteiger partial charge in [-0.25, -0.2) is 4.79 Å². The lowest BCUT2D eigenvalue weighted by Crippen LogP contribution is -2.37. The first kappa shape index (κ1) is 15.4. The van der Waals surface area contributed by atoms with Crippen LogP contribution in [0.1, 0.15) is 45.2 Å². The summed E-state index contributed by atoms with van der Waals surface area (Å²) < 4.78 is 10.7. The Labute approximate surface area is 126 Å². The summed E-state index contributed by atoms with van der Waals surface area (Å²) in [5.74, 6) is 0.814. The molecule has 1 aliphatic heterocycles. The molecule has 4 heteroatoms. The third-order valence-electron chi connectivity index (χ3n) is 3.31. The fourth-order valence-electron chi connectivity index (χ4n) is 2.34. The minimum Gasteiger partial charge on any atom is -0.497 e. The second-order valence-corrected chi connectivity index (χ2v) is 6.14. The zero-order valence-electron chi connectivity index (χ0n) is 13.1. The maximum atomic E-state index is 12.3. The lowest BCUT2D eigenvalue weighted by atomic mass is 9.98. The van der Waals surface area contributed by atoms with Crippen molar-refractivity contribution in [1.29, 1.82) is 0 Å². The van der Waals surface area contributed by atoms with E-state index in [0.29, 0.717) is 0 Å². The molecule has 1 aliphatic rings. The van der Waals surface area contributed by atoms with Crippen molar-refractivity contribution in [3.8, 4) is 5.75 Å². The predicted molar refractivity (Wildman–Crippen MR) is 82.2 cm³/mol. The highest BCUT2D eigenvalue weighted by Gasteiger charge is 2.29. The Morgan fingerprint density at radius 2 is 1.90 bits per heavy atom. The van der Waals surface area contributed by atoms with Gasteiger partial charge in [0, 0.05) is 6.20 Å². The predicted octanol–water partition coefficient (Wildman–Crippen LogP) is 4.28. The van der Waals surface area contributed by atoms with Crippen LogP contribution in [0.15, 0.2) is 36.5 Å². The van der Waals surface area contributed by atoms with Crippen LogP contribution in [0.25, 0.3) is 0 Å². The van der Waals surface area contributed by atoms with Gasteiger partial charge in [-0.2, -0.15) is 0 Å². The minimum atomic E-state index is -0.493. The average molecular weight is 289 g/mol. The van der Waals surface area contributed by atoms with Crippen LogP contribution in [0.2, 0.25) is 0 Å². The number of ether oxygens (including phenoxy) is 2. The molecule has 2 rings (SSSR count). The first-order valence-electron chi connectivity index (χ1n) is 7.22. The molecule has 1 amide bonds. The largest absolute Gasteiger partial charge is 0.497 e. The molecule has 1 heterocycles. The zero-order chi connectivity index (χ0) is 15.5. The van der Waals surface area contributed by atoms with Gasteiger partial charge < -0.3 is 9.47 Å². The Morgan fingerprint density at radius 1 is 1.24 bits per heavy atom. The van der Waals surface area contributed by atoms with Crippen LogP contribution in [0.3, 0.4) is 0 Å². The molecule has 1 atom stereocenters. The number of hydrogen-bond acceptors (Lipinski definition) is 3. The summed E-state index contributed by atoms with van der Waals surface area (Å²) in [6, 6.07) is 7.85. The van der Waals surface area contributed by atoms with Gasteiger partial charge in [0.25, 0.3) is 0 Å². The van der Waals surface area contributed by atoms with Crippen LogP contribution in [0.4, 0.5) is 4.79 Å². The Kier molecular flexibility index (Phi) is 4.56. The molecule has 0 bridgehead atoms. The van der Waals surface area contributed by atoms with E-state index in [1.54, 1.807) is 12.0 Å². The lowest BCUT2D eigenvalue weighted by molar-refractivity contribution is 0.0248.